The smallest absolute Gasteiger partial charge is 0.220 e. The Balaban J connectivity index is 3.46. The van der Waals surface area contributed by atoms with Crippen LogP contribution in [0.15, 0.2) is 0 Å². The van der Waals surface area contributed by atoms with Gasteiger partial charge in [-0.2, -0.15) is 0 Å². The molecule has 0 radical (unpaired) electrons. The molecule has 0 aliphatic carbocycles. The molecule has 0 aliphatic heterocycles. The largest absolute Gasteiger partial charge is 0.370 e. The Morgan fingerprint density at radius 3 is 2.54 bits per heavy atom. The van der Waals surface area contributed by atoms with Gasteiger partial charge in [-0.25, -0.2) is 0 Å². The molecule has 0 bridgehead atoms. The summed E-state index contributed by atoms with van der Waals surface area (Å²) in [6, 6.07) is 0. The van der Waals surface area contributed by atoms with E-state index in [0.717, 1.165) is 0 Å². The zero-order valence-electron chi connectivity index (χ0n) is 7.88. The molecule has 13 heavy (non-hydrogen) atoms. The highest BCUT2D eigenvalue weighted by Crippen LogP contribution is 1.97. The summed E-state index contributed by atoms with van der Waals surface area (Å²) < 4.78 is 0. The minimum atomic E-state index is -0.410. The average Bonchev–Trinajstić information content (AvgIpc) is 2.03. The van der Waals surface area contributed by atoms with Gasteiger partial charge in [0.1, 0.15) is 0 Å². The molecule has 0 aromatic carbocycles. The van der Waals surface area contributed by atoms with Crippen LogP contribution in [0.1, 0.15) is 19.8 Å². The Hall–Kier alpha value is -1.10. The van der Waals surface area contributed by atoms with Crippen molar-refractivity contribution in [3.05, 3.63) is 0 Å². The zero-order chi connectivity index (χ0) is 10.3. The molecule has 0 aromatic heterocycles. The summed E-state index contributed by atoms with van der Waals surface area (Å²) in [5.74, 6) is -0.319. The summed E-state index contributed by atoms with van der Waals surface area (Å²) in [5.41, 5.74) is 10.2. The van der Waals surface area contributed by atoms with Gasteiger partial charge in [0, 0.05) is 19.4 Å². The molecule has 5 N–H and O–H groups in total. The highest BCUT2D eigenvalue weighted by atomic mass is 16.2. The second-order valence-corrected chi connectivity index (χ2v) is 3.11. The average molecular weight is 187 g/mol. The van der Waals surface area contributed by atoms with Crippen LogP contribution in [0.2, 0.25) is 0 Å². The van der Waals surface area contributed by atoms with Gasteiger partial charge in [0.15, 0.2) is 0 Å². The molecule has 0 aliphatic rings. The van der Waals surface area contributed by atoms with Gasteiger partial charge >= 0.3 is 0 Å². The van der Waals surface area contributed by atoms with Crippen molar-refractivity contribution >= 4 is 11.8 Å². The van der Waals surface area contributed by atoms with E-state index in [1.54, 1.807) is 0 Å². The normalized spacial score (nSPS) is 12.2. The SMILES string of the molecule is CC(CN)CC(=O)NCCC(N)=O. The first-order valence-corrected chi connectivity index (χ1v) is 4.31. The van der Waals surface area contributed by atoms with Gasteiger partial charge < -0.3 is 16.8 Å². The van der Waals surface area contributed by atoms with Crippen LogP contribution in [-0.2, 0) is 9.59 Å². The van der Waals surface area contributed by atoms with Gasteiger partial charge in [-0.3, -0.25) is 9.59 Å². The lowest BCUT2D eigenvalue weighted by atomic mass is 10.1. The number of rotatable bonds is 6. The van der Waals surface area contributed by atoms with E-state index in [9.17, 15) is 9.59 Å². The first kappa shape index (κ1) is 11.9. The maximum Gasteiger partial charge on any atom is 0.220 e. The number of hydrogen-bond donors (Lipinski definition) is 3. The standard InChI is InChI=1S/C8H17N3O2/c1-6(5-9)4-8(13)11-3-2-7(10)12/h6H,2-5,9H2,1H3,(H2,10,12)(H,11,13). The van der Waals surface area contributed by atoms with Gasteiger partial charge in [0.25, 0.3) is 0 Å². The Labute approximate surface area is 77.8 Å². The maximum absolute atomic E-state index is 11.1. The third-order valence-corrected chi connectivity index (χ3v) is 1.63. The second-order valence-electron chi connectivity index (χ2n) is 3.11. The minimum absolute atomic E-state index is 0.0841. The monoisotopic (exact) mass is 187 g/mol. The molecule has 0 saturated carbocycles. The summed E-state index contributed by atoms with van der Waals surface area (Å²) in [6.07, 6.45) is 0.581. The fourth-order valence-electron chi connectivity index (χ4n) is 0.797. The Morgan fingerprint density at radius 2 is 2.08 bits per heavy atom. The molecule has 0 spiro atoms. The van der Waals surface area contributed by atoms with Crippen LogP contribution in [0.5, 0.6) is 0 Å². The number of hydrogen-bond acceptors (Lipinski definition) is 3. The van der Waals surface area contributed by atoms with Crippen molar-refractivity contribution in [2.24, 2.45) is 17.4 Å². The fourth-order valence-corrected chi connectivity index (χ4v) is 0.797. The number of carbonyl (C=O) groups is 2. The molecule has 0 saturated heterocycles. The predicted molar refractivity (Wildman–Crippen MR) is 49.7 cm³/mol. The van der Waals surface area contributed by atoms with E-state index in [2.05, 4.69) is 5.32 Å². The molecule has 0 aromatic rings. The van der Waals surface area contributed by atoms with E-state index in [1.807, 2.05) is 6.92 Å². The quantitative estimate of drug-likeness (QED) is 0.495. The van der Waals surface area contributed by atoms with E-state index in [1.165, 1.54) is 0 Å². The van der Waals surface area contributed by atoms with Gasteiger partial charge in [-0.05, 0) is 12.5 Å². The van der Waals surface area contributed by atoms with Gasteiger partial charge in [0.2, 0.25) is 11.8 Å². The Bertz CT molecular complexity index is 182. The van der Waals surface area contributed by atoms with Gasteiger partial charge in [-0.15, -0.1) is 0 Å². The second kappa shape index (κ2) is 6.42. The Morgan fingerprint density at radius 1 is 1.46 bits per heavy atom. The molecule has 0 heterocycles. The van der Waals surface area contributed by atoms with Crippen molar-refractivity contribution < 1.29 is 9.59 Å². The lowest BCUT2D eigenvalue weighted by molar-refractivity contribution is -0.122. The van der Waals surface area contributed by atoms with Crippen LogP contribution >= 0.6 is 0 Å². The topological polar surface area (TPSA) is 98.2 Å². The number of primary amides is 1. The lowest BCUT2D eigenvalue weighted by Gasteiger charge is -2.07. The van der Waals surface area contributed by atoms with Crippen molar-refractivity contribution in [3.63, 3.8) is 0 Å². The molecule has 76 valence electrons. The summed E-state index contributed by atoms with van der Waals surface area (Å²) in [7, 11) is 0. The number of amides is 2. The maximum atomic E-state index is 11.1. The van der Waals surface area contributed by atoms with Crippen LogP contribution in [0.25, 0.3) is 0 Å². The molecule has 5 nitrogen and oxygen atoms in total. The summed E-state index contributed by atoms with van der Waals surface area (Å²) in [5, 5.41) is 2.58. The highest BCUT2D eigenvalue weighted by Gasteiger charge is 2.06. The first-order chi connectivity index (χ1) is 6.06. The summed E-state index contributed by atoms with van der Waals surface area (Å²) >= 11 is 0. The van der Waals surface area contributed by atoms with E-state index in [4.69, 9.17) is 11.5 Å². The number of carbonyl (C=O) groups excluding carboxylic acids is 2. The van der Waals surface area contributed by atoms with E-state index < -0.39 is 5.91 Å². The Kier molecular flexibility index (Phi) is 5.88. The molecule has 5 heteroatoms. The molecular weight excluding hydrogens is 170 g/mol. The molecule has 1 atom stereocenters. The number of nitrogens with two attached hydrogens (primary N) is 2. The number of nitrogens with one attached hydrogen (secondary N) is 1. The minimum Gasteiger partial charge on any atom is -0.370 e. The van der Waals surface area contributed by atoms with Gasteiger partial charge in [-0.1, -0.05) is 6.92 Å². The van der Waals surface area contributed by atoms with Crippen molar-refractivity contribution in [1.29, 1.82) is 0 Å². The predicted octanol–water partition coefficient (Wildman–Crippen LogP) is -1.04. The summed E-state index contributed by atoms with van der Waals surface area (Å²) in [4.78, 5) is 21.4. The van der Waals surface area contributed by atoms with Crippen LogP contribution < -0.4 is 16.8 Å². The van der Waals surface area contributed by atoms with E-state index >= 15 is 0 Å². The van der Waals surface area contributed by atoms with E-state index in [0.29, 0.717) is 19.5 Å². The van der Waals surface area contributed by atoms with Crippen molar-refractivity contribution in [3.8, 4) is 0 Å². The van der Waals surface area contributed by atoms with E-state index in [-0.39, 0.29) is 18.2 Å². The van der Waals surface area contributed by atoms with Crippen LogP contribution in [0.4, 0.5) is 0 Å². The molecule has 0 rings (SSSR count). The van der Waals surface area contributed by atoms with Crippen LogP contribution in [0.3, 0.4) is 0 Å². The van der Waals surface area contributed by atoms with Crippen molar-refractivity contribution in [1.82, 2.24) is 5.32 Å². The molecule has 0 fully saturated rings. The molecular formula is C8H17N3O2. The molecule has 2 amide bonds. The van der Waals surface area contributed by atoms with Crippen LogP contribution in [0, 0.1) is 5.92 Å². The lowest BCUT2D eigenvalue weighted by Crippen LogP contribution is -2.30. The first-order valence-electron chi connectivity index (χ1n) is 4.31. The third kappa shape index (κ3) is 7.27. The van der Waals surface area contributed by atoms with Crippen molar-refractivity contribution in [2.45, 2.75) is 19.8 Å². The third-order valence-electron chi connectivity index (χ3n) is 1.63. The van der Waals surface area contributed by atoms with Crippen molar-refractivity contribution in [2.75, 3.05) is 13.1 Å². The highest BCUT2D eigenvalue weighted by molar-refractivity contribution is 5.78. The van der Waals surface area contributed by atoms with Gasteiger partial charge in [0.05, 0.1) is 0 Å². The summed E-state index contributed by atoms with van der Waals surface area (Å²) in [6.45, 7) is 2.70. The van der Waals surface area contributed by atoms with Crippen LogP contribution in [-0.4, -0.2) is 24.9 Å². The zero-order valence-corrected chi connectivity index (χ0v) is 7.88. The fraction of sp³-hybridized carbons (Fsp3) is 0.750. The molecule has 1 unspecified atom stereocenters.